The summed E-state index contributed by atoms with van der Waals surface area (Å²) in [7, 11) is 0. The first-order chi connectivity index (χ1) is 11.1. The molecule has 2 N–H and O–H groups in total. The molecule has 1 fully saturated rings. The number of amides is 1. The van der Waals surface area contributed by atoms with Gasteiger partial charge in [0, 0.05) is 18.7 Å². The Labute approximate surface area is 135 Å². The fourth-order valence-electron chi connectivity index (χ4n) is 2.94. The molecule has 6 nitrogen and oxygen atoms in total. The number of aromatic nitrogens is 1. The van der Waals surface area contributed by atoms with Gasteiger partial charge in [0.15, 0.2) is 0 Å². The third-order valence-electron chi connectivity index (χ3n) is 4.16. The Hall–Kier alpha value is -2.18. The summed E-state index contributed by atoms with van der Waals surface area (Å²) >= 11 is 0. The lowest BCUT2D eigenvalue weighted by molar-refractivity contribution is -0.136. The van der Waals surface area contributed by atoms with E-state index in [0.29, 0.717) is 25.6 Å². The molecule has 1 aliphatic rings. The van der Waals surface area contributed by atoms with Gasteiger partial charge in [-0.3, -0.25) is 9.69 Å². The van der Waals surface area contributed by atoms with Gasteiger partial charge >= 0.3 is 0 Å². The number of carbonyl (C=O) groups is 1. The van der Waals surface area contributed by atoms with Gasteiger partial charge in [0.1, 0.15) is 11.8 Å². The van der Waals surface area contributed by atoms with Gasteiger partial charge in [-0.15, -0.1) is 0 Å². The molecule has 23 heavy (non-hydrogen) atoms. The van der Waals surface area contributed by atoms with E-state index < -0.39 is 6.04 Å². The first-order valence-corrected chi connectivity index (χ1v) is 7.73. The lowest BCUT2D eigenvalue weighted by Crippen LogP contribution is -2.56. The lowest BCUT2D eigenvalue weighted by atomic mass is 10.1. The smallest absolute Gasteiger partial charge is 0.237 e. The van der Waals surface area contributed by atoms with E-state index in [1.165, 1.54) is 0 Å². The molecule has 0 radical (unpaired) electrons. The number of hydrogen-bond donors (Lipinski definition) is 1. The van der Waals surface area contributed by atoms with Gasteiger partial charge in [0.05, 0.1) is 18.4 Å². The van der Waals surface area contributed by atoms with Crippen LogP contribution in [-0.4, -0.2) is 41.1 Å². The van der Waals surface area contributed by atoms with Crippen LogP contribution in [-0.2, 0) is 16.1 Å². The highest BCUT2D eigenvalue weighted by Gasteiger charge is 2.34. The SMILES string of the molecule is Cc1oc(-c2ccccc2)nc1CN1CCO[C@H](C)[C@H]1C(N)=O. The van der Waals surface area contributed by atoms with Crippen LogP contribution in [0.15, 0.2) is 34.7 Å². The van der Waals surface area contributed by atoms with E-state index >= 15 is 0 Å². The Morgan fingerprint density at radius 2 is 2.13 bits per heavy atom. The molecule has 2 atom stereocenters. The monoisotopic (exact) mass is 315 g/mol. The third-order valence-corrected chi connectivity index (χ3v) is 4.16. The Morgan fingerprint density at radius 3 is 2.83 bits per heavy atom. The Bertz CT molecular complexity index is 684. The van der Waals surface area contributed by atoms with Crippen molar-refractivity contribution in [2.45, 2.75) is 32.5 Å². The van der Waals surface area contributed by atoms with Crippen LogP contribution in [0, 0.1) is 6.92 Å². The zero-order chi connectivity index (χ0) is 16.4. The second kappa shape index (κ2) is 6.52. The average Bonchev–Trinajstić information content (AvgIpc) is 2.89. The van der Waals surface area contributed by atoms with Gasteiger partial charge in [-0.25, -0.2) is 4.98 Å². The molecular formula is C17H21N3O3. The summed E-state index contributed by atoms with van der Waals surface area (Å²) in [6.07, 6.45) is -0.220. The van der Waals surface area contributed by atoms with Gasteiger partial charge < -0.3 is 14.9 Å². The molecule has 1 amide bonds. The molecule has 0 bridgehead atoms. The standard InChI is InChI=1S/C17H21N3O3/c1-11-14(19-17(23-11)13-6-4-3-5-7-13)10-20-8-9-22-12(2)15(20)16(18)21/h3-7,12,15H,8-10H2,1-2H3,(H2,18,21)/t12-,15+/m1/s1. The number of primary amides is 1. The van der Waals surface area contributed by atoms with Gasteiger partial charge in [-0.1, -0.05) is 18.2 Å². The van der Waals surface area contributed by atoms with Crippen LogP contribution in [0.4, 0.5) is 0 Å². The molecule has 6 heteroatoms. The molecule has 0 aliphatic carbocycles. The van der Waals surface area contributed by atoms with Crippen molar-refractivity contribution in [3.63, 3.8) is 0 Å². The van der Waals surface area contributed by atoms with Crippen LogP contribution >= 0.6 is 0 Å². The van der Waals surface area contributed by atoms with Crippen molar-refractivity contribution in [2.75, 3.05) is 13.2 Å². The van der Waals surface area contributed by atoms with Crippen molar-refractivity contribution in [1.29, 1.82) is 0 Å². The number of hydrogen-bond acceptors (Lipinski definition) is 5. The topological polar surface area (TPSA) is 81.6 Å². The lowest BCUT2D eigenvalue weighted by Gasteiger charge is -2.37. The minimum Gasteiger partial charge on any atom is -0.441 e. The highest BCUT2D eigenvalue weighted by molar-refractivity contribution is 5.80. The van der Waals surface area contributed by atoms with Crippen LogP contribution in [0.25, 0.3) is 11.5 Å². The number of aryl methyl sites for hydroxylation is 1. The van der Waals surface area contributed by atoms with E-state index in [1.54, 1.807) is 0 Å². The third kappa shape index (κ3) is 3.28. The van der Waals surface area contributed by atoms with Gasteiger partial charge in [-0.05, 0) is 26.0 Å². The van der Waals surface area contributed by atoms with E-state index in [-0.39, 0.29) is 12.0 Å². The summed E-state index contributed by atoms with van der Waals surface area (Å²) in [5.74, 6) is 0.975. The minimum absolute atomic E-state index is 0.220. The first-order valence-electron chi connectivity index (χ1n) is 7.73. The van der Waals surface area contributed by atoms with Gasteiger partial charge in [-0.2, -0.15) is 0 Å². The van der Waals surface area contributed by atoms with E-state index in [0.717, 1.165) is 17.0 Å². The number of carbonyl (C=O) groups excluding carboxylic acids is 1. The quantitative estimate of drug-likeness (QED) is 0.929. The fraction of sp³-hybridized carbons (Fsp3) is 0.412. The van der Waals surface area contributed by atoms with Crippen molar-refractivity contribution in [1.82, 2.24) is 9.88 Å². The summed E-state index contributed by atoms with van der Waals surface area (Å²) in [6, 6.07) is 9.31. The van der Waals surface area contributed by atoms with Crippen molar-refractivity contribution in [3.8, 4) is 11.5 Å². The molecule has 0 unspecified atom stereocenters. The molecule has 1 aliphatic heterocycles. The maximum absolute atomic E-state index is 11.7. The molecule has 1 aromatic heterocycles. The largest absolute Gasteiger partial charge is 0.441 e. The number of benzene rings is 1. The number of ether oxygens (including phenoxy) is 1. The molecule has 1 saturated heterocycles. The highest BCUT2D eigenvalue weighted by atomic mass is 16.5. The minimum atomic E-state index is -0.444. The maximum atomic E-state index is 11.7. The zero-order valence-corrected chi connectivity index (χ0v) is 13.4. The number of oxazole rings is 1. The molecule has 2 heterocycles. The normalized spacial score (nSPS) is 22.2. The van der Waals surface area contributed by atoms with Crippen LogP contribution in [0.1, 0.15) is 18.4 Å². The van der Waals surface area contributed by atoms with E-state index in [4.69, 9.17) is 14.9 Å². The van der Waals surface area contributed by atoms with Crippen molar-refractivity contribution in [2.24, 2.45) is 5.73 Å². The van der Waals surface area contributed by atoms with Gasteiger partial charge in [0.25, 0.3) is 0 Å². The number of nitrogens with zero attached hydrogens (tertiary/aromatic N) is 2. The van der Waals surface area contributed by atoms with E-state index in [2.05, 4.69) is 4.98 Å². The second-order valence-corrected chi connectivity index (χ2v) is 5.78. The fourth-order valence-corrected chi connectivity index (χ4v) is 2.94. The summed E-state index contributed by atoms with van der Waals surface area (Å²) in [5.41, 5.74) is 7.29. The number of rotatable bonds is 4. The van der Waals surface area contributed by atoms with Crippen LogP contribution in [0.2, 0.25) is 0 Å². The molecule has 3 rings (SSSR count). The van der Waals surface area contributed by atoms with Crippen molar-refractivity contribution >= 4 is 5.91 Å². The summed E-state index contributed by atoms with van der Waals surface area (Å²) < 4.78 is 11.3. The predicted molar refractivity (Wildman–Crippen MR) is 85.5 cm³/mol. The van der Waals surface area contributed by atoms with Gasteiger partial charge in [0.2, 0.25) is 11.8 Å². The van der Waals surface area contributed by atoms with Crippen molar-refractivity contribution in [3.05, 3.63) is 41.8 Å². The van der Waals surface area contributed by atoms with Crippen LogP contribution < -0.4 is 5.73 Å². The molecule has 122 valence electrons. The molecule has 1 aromatic carbocycles. The molecule has 2 aromatic rings. The maximum Gasteiger partial charge on any atom is 0.237 e. The molecular weight excluding hydrogens is 294 g/mol. The number of nitrogens with two attached hydrogens (primary N) is 1. The Kier molecular flexibility index (Phi) is 4.45. The van der Waals surface area contributed by atoms with Crippen LogP contribution in [0.3, 0.4) is 0 Å². The summed E-state index contributed by atoms with van der Waals surface area (Å²) in [5, 5.41) is 0. The second-order valence-electron chi connectivity index (χ2n) is 5.78. The molecule has 0 spiro atoms. The average molecular weight is 315 g/mol. The Morgan fingerprint density at radius 1 is 1.39 bits per heavy atom. The predicted octanol–water partition coefficient (Wildman–Crippen LogP) is 1.72. The first kappa shape index (κ1) is 15.7. The van der Waals surface area contributed by atoms with Crippen LogP contribution in [0.5, 0.6) is 0 Å². The summed E-state index contributed by atoms with van der Waals surface area (Å²) in [6.45, 7) is 5.49. The molecule has 0 saturated carbocycles. The van der Waals surface area contributed by atoms with Crippen molar-refractivity contribution < 1.29 is 13.9 Å². The van der Waals surface area contributed by atoms with E-state index in [1.807, 2.05) is 49.1 Å². The Balaban J connectivity index is 1.82. The zero-order valence-electron chi connectivity index (χ0n) is 13.4. The summed E-state index contributed by atoms with van der Waals surface area (Å²) in [4.78, 5) is 18.3. The highest BCUT2D eigenvalue weighted by Crippen LogP contribution is 2.24. The van der Waals surface area contributed by atoms with E-state index in [9.17, 15) is 4.79 Å². The number of morpholine rings is 1.